The number of nitrogens with zero attached hydrogens (tertiary/aromatic N) is 2. The van der Waals surface area contributed by atoms with Crippen molar-refractivity contribution in [3.05, 3.63) is 61.0 Å². The smallest absolute Gasteiger partial charge is 0.263 e. The third-order valence-electron chi connectivity index (χ3n) is 4.01. The first kappa shape index (κ1) is 20.4. The molecule has 10 heteroatoms. The molecule has 0 spiro atoms. The maximum absolute atomic E-state index is 12.6. The lowest BCUT2D eigenvalue weighted by Crippen LogP contribution is -2.37. The molecule has 3 amide bonds. The highest BCUT2D eigenvalue weighted by molar-refractivity contribution is 6.55. The second-order valence-electron chi connectivity index (χ2n) is 5.78. The van der Waals surface area contributed by atoms with Gasteiger partial charge in [0.1, 0.15) is 6.54 Å². The first-order chi connectivity index (χ1) is 13.3. The van der Waals surface area contributed by atoms with Crippen molar-refractivity contribution in [2.24, 2.45) is 0 Å². The predicted molar refractivity (Wildman–Crippen MR) is 106 cm³/mol. The molecule has 6 nitrogen and oxygen atoms in total. The first-order valence-corrected chi connectivity index (χ1v) is 9.25. The van der Waals surface area contributed by atoms with Crippen LogP contribution in [0.3, 0.4) is 0 Å². The number of carbonyl (C=O) groups is 3. The van der Waals surface area contributed by atoms with Crippen molar-refractivity contribution < 1.29 is 14.4 Å². The zero-order valence-electron chi connectivity index (χ0n) is 13.9. The molecule has 3 rings (SSSR count). The average Bonchev–Trinajstić information content (AvgIpc) is 2.91. The van der Waals surface area contributed by atoms with E-state index in [4.69, 9.17) is 51.7 Å². The summed E-state index contributed by atoms with van der Waals surface area (Å²) < 4.78 is 0. The average molecular weight is 457 g/mol. The Bertz CT molecular complexity index is 1010. The second-order valence-corrected chi connectivity index (χ2v) is 7.29. The van der Waals surface area contributed by atoms with Gasteiger partial charge < -0.3 is 5.32 Å². The number of benzene rings is 2. The van der Waals surface area contributed by atoms with Gasteiger partial charge in [0.2, 0.25) is 5.91 Å². The Morgan fingerprint density at radius 2 is 1.43 bits per heavy atom. The summed E-state index contributed by atoms with van der Waals surface area (Å²) in [6.45, 7) is -0.547. The van der Waals surface area contributed by atoms with Crippen LogP contribution < -0.4 is 5.32 Å². The maximum Gasteiger partial charge on any atom is 0.263 e. The van der Waals surface area contributed by atoms with Crippen LogP contribution in [0, 0.1) is 11.3 Å². The van der Waals surface area contributed by atoms with E-state index in [-0.39, 0.29) is 37.6 Å². The predicted octanol–water partition coefficient (Wildman–Crippen LogP) is 4.60. The van der Waals surface area contributed by atoms with Crippen LogP contribution in [0.25, 0.3) is 0 Å². The highest BCUT2D eigenvalue weighted by atomic mass is 35.5. The fraction of sp³-hybridized carbons (Fsp3) is 0.111. The van der Waals surface area contributed by atoms with E-state index < -0.39 is 24.3 Å². The quantitative estimate of drug-likeness (QED) is 0.413. The zero-order chi connectivity index (χ0) is 20.6. The van der Waals surface area contributed by atoms with Gasteiger partial charge >= 0.3 is 0 Å². The van der Waals surface area contributed by atoms with Gasteiger partial charge in [-0.05, 0) is 17.7 Å². The first-order valence-electron chi connectivity index (χ1n) is 7.74. The molecule has 28 heavy (non-hydrogen) atoms. The van der Waals surface area contributed by atoms with Crippen LogP contribution in [0.1, 0.15) is 26.3 Å². The summed E-state index contributed by atoms with van der Waals surface area (Å²) in [7, 11) is 0. The summed E-state index contributed by atoms with van der Waals surface area (Å²) in [5.41, 5.74) is 0.879. The van der Waals surface area contributed by atoms with E-state index in [1.165, 1.54) is 0 Å². The van der Waals surface area contributed by atoms with Crippen LogP contribution in [0.4, 0.5) is 5.69 Å². The van der Waals surface area contributed by atoms with Crippen molar-refractivity contribution in [2.45, 2.75) is 6.42 Å². The van der Waals surface area contributed by atoms with Crippen LogP contribution in [0.5, 0.6) is 0 Å². The topological polar surface area (TPSA) is 90.3 Å². The van der Waals surface area contributed by atoms with Gasteiger partial charge in [-0.2, -0.15) is 5.26 Å². The lowest BCUT2D eigenvalue weighted by atomic mass is 10.1. The van der Waals surface area contributed by atoms with Gasteiger partial charge in [-0.15, -0.1) is 0 Å². The molecule has 2 aromatic rings. The van der Waals surface area contributed by atoms with E-state index in [0.717, 1.165) is 5.56 Å². The van der Waals surface area contributed by atoms with Crippen molar-refractivity contribution >= 4 is 69.8 Å². The molecule has 1 N–H and O–H groups in total. The number of anilines is 1. The summed E-state index contributed by atoms with van der Waals surface area (Å²) in [5.74, 6) is -2.18. The Labute approximate surface area is 179 Å². The number of nitriles is 1. The van der Waals surface area contributed by atoms with Crippen LogP contribution in [0.2, 0.25) is 20.1 Å². The third kappa shape index (κ3) is 3.54. The van der Waals surface area contributed by atoms with Gasteiger partial charge in [0, 0.05) is 5.69 Å². The molecular weight excluding hydrogens is 448 g/mol. The molecule has 0 aromatic heterocycles. The molecule has 0 fully saturated rings. The minimum absolute atomic E-state index is 0.142. The van der Waals surface area contributed by atoms with Gasteiger partial charge in [0.15, 0.2) is 0 Å². The molecule has 0 unspecified atom stereocenters. The standard InChI is InChI=1S/C18H9Cl4N3O3/c19-13-11-12(14(20)16(22)15(13)21)18(28)25(17(11)27)7-10(26)24-9-3-1-8(2-4-9)5-6-23/h1-4H,5,7H2,(H,24,26). The molecular formula is C18H9Cl4N3O3. The van der Waals surface area contributed by atoms with E-state index in [0.29, 0.717) is 10.6 Å². The Morgan fingerprint density at radius 3 is 1.89 bits per heavy atom. The normalized spacial score (nSPS) is 12.8. The largest absolute Gasteiger partial charge is 0.325 e. The SMILES string of the molecule is N#CCc1ccc(NC(=O)CN2C(=O)c3c(Cl)c(Cl)c(Cl)c(Cl)c3C2=O)cc1. The lowest BCUT2D eigenvalue weighted by molar-refractivity contribution is -0.116. The van der Waals surface area contributed by atoms with E-state index in [9.17, 15) is 14.4 Å². The molecule has 142 valence electrons. The Kier molecular flexibility index (Phi) is 5.82. The summed E-state index contributed by atoms with van der Waals surface area (Å²) in [6, 6.07) is 8.61. The molecule has 1 heterocycles. The van der Waals surface area contributed by atoms with Crippen molar-refractivity contribution in [1.29, 1.82) is 5.26 Å². The van der Waals surface area contributed by atoms with E-state index >= 15 is 0 Å². The monoisotopic (exact) mass is 455 g/mol. The summed E-state index contributed by atoms with van der Waals surface area (Å²) >= 11 is 24.0. The highest BCUT2D eigenvalue weighted by Crippen LogP contribution is 2.44. The van der Waals surface area contributed by atoms with Crippen LogP contribution in [-0.4, -0.2) is 29.2 Å². The number of nitrogens with one attached hydrogen (secondary N) is 1. The summed E-state index contributed by atoms with van der Waals surface area (Å²) in [4.78, 5) is 38.2. The van der Waals surface area contributed by atoms with Gasteiger partial charge in [-0.25, -0.2) is 0 Å². The fourth-order valence-electron chi connectivity index (χ4n) is 2.68. The molecule has 0 saturated heterocycles. The molecule has 1 aliphatic heterocycles. The summed E-state index contributed by atoms with van der Waals surface area (Å²) in [5, 5.41) is 10.6. The molecule has 0 atom stereocenters. The molecule has 0 aliphatic carbocycles. The third-order valence-corrected chi connectivity index (χ3v) is 5.81. The van der Waals surface area contributed by atoms with Gasteiger partial charge in [-0.3, -0.25) is 19.3 Å². The molecule has 0 saturated carbocycles. The number of amides is 3. The van der Waals surface area contributed by atoms with Crippen molar-refractivity contribution in [2.75, 3.05) is 11.9 Å². The highest BCUT2D eigenvalue weighted by Gasteiger charge is 2.42. The van der Waals surface area contributed by atoms with Crippen molar-refractivity contribution in [3.63, 3.8) is 0 Å². The second kappa shape index (κ2) is 7.98. The Hall–Kier alpha value is -2.30. The zero-order valence-corrected chi connectivity index (χ0v) is 16.9. The number of halogens is 4. The molecule has 1 aliphatic rings. The van der Waals surface area contributed by atoms with Crippen molar-refractivity contribution in [3.8, 4) is 6.07 Å². The lowest BCUT2D eigenvalue weighted by Gasteiger charge is -2.13. The van der Waals surface area contributed by atoms with Crippen LogP contribution in [-0.2, 0) is 11.2 Å². The number of rotatable bonds is 4. The van der Waals surface area contributed by atoms with Crippen LogP contribution >= 0.6 is 46.4 Å². The minimum Gasteiger partial charge on any atom is -0.325 e. The maximum atomic E-state index is 12.6. The number of hydrogen-bond acceptors (Lipinski definition) is 4. The van der Waals surface area contributed by atoms with E-state index in [1.54, 1.807) is 24.3 Å². The van der Waals surface area contributed by atoms with E-state index in [2.05, 4.69) is 5.32 Å². The number of hydrogen-bond donors (Lipinski definition) is 1. The van der Waals surface area contributed by atoms with Crippen LogP contribution in [0.15, 0.2) is 24.3 Å². The van der Waals surface area contributed by atoms with E-state index in [1.807, 2.05) is 6.07 Å². The molecule has 0 radical (unpaired) electrons. The summed E-state index contributed by atoms with van der Waals surface area (Å²) in [6.07, 6.45) is 0.246. The Balaban J connectivity index is 1.80. The number of fused-ring (bicyclic) bond motifs is 1. The molecule has 2 aromatic carbocycles. The van der Waals surface area contributed by atoms with Gasteiger partial charge in [0.05, 0.1) is 43.7 Å². The van der Waals surface area contributed by atoms with Gasteiger partial charge in [-0.1, -0.05) is 58.5 Å². The fourth-order valence-corrected chi connectivity index (χ4v) is 3.69. The van der Waals surface area contributed by atoms with Gasteiger partial charge in [0.25, 0.3) is 11.8 Å². The molecule has 0 bridgehead atoms. The minimum atomic E-state index is -0.787. The Morgan fingerprint density at radius 1 is 0.929 bits per heavy atom. The van der Waals surface area contributed by atoms with Crippen molar-refractivity contribution in [1.82, 2.24) is 4.90 Å². The number of imide groups is 1. The number of carbonyl (C=O) groups excluding carboxylic acids is 3.